The molecule has 1 aliphatic heterocycles. The second kappa shape index (κ2) is 6.58. The van der Waals surface area contributed by atoms with E-state index in [9.17, 15) is 4.79 Å². The molecule has 1 aliphatic rings. The summed E-state index contributed by atoms with van der Waals surface area (Å²) in [5.41, 5.74) is 6.43. The van der Waals surface area contributed by atoms with E-state index in [1.165, 1.54) is 0 Å². The number of hydrogen-bond acceptors (Lipinski definition) is 5. The van der Waals surface area contributed by atoms with Gasteiger partial charge in [-0.2, -0.15) is 0 Å². The van der Waals surface area contributed by atoms with Gasteiger partial charge in [0.15, 0.2) is 0 Å². The van der Waals surface area contributed by atoms with E-state index in [4.69, 9.17) is 20.3 Å². The number of hydrogen-bond donors (Lipinski definition) is 3. The predicted octanol–water partition coefficient (Wildman–Crippen LogP) is 0.345. The van der Waals surface area contributed by atoms with Gasteiger partial charge in [0.25, 0.3) is 0 Å². The molecule has 1 amide bonds. The summed E-state index contributed by atoms with van der Waals surface area (Å²) >= 11 is 0. The molecule has 0 aliphatic carbocycles. The Labute approximate surface area is 117 Å². The maximum atomic E-state index is 11.8. The van der Waals surface area contributed by atoms with Gasteiger partial charge in [0.05, 0.1) is 26.4 Å². The number of aliphatic hydroxyl groups excluding tert-OH is 1. The molecule has 0 radical (unpaired) electrons. The van der Waals surface area contributed by atoms with Gasteiger partial charge in [0.1, 0.15) is 17.5 Å². The lowest BCUT2D eigenvalue weighted by molar-refractivity contribution is -0.123. The second-order valence-corrected chi connectivity index (χ2v) is 4.74. The van der Waals surface area contributed by atoms with Crippen molar-refractivity contribution >= 4 is 5.91 Å². The zero-order valence-electron chi connectivity index (χ0n) is 11.5. The average molecular weight is 280 g/mol. The van der Waals surface area contributed by atoms with Gasteiger partial charge in [-0.25, -0.2) is 0 Å². The molecule has 0 saturated carbocycles. The molecular weight excluding hydrogens is 260 g/mol. The Balaban J connectivity index is 2.21. The van der Waals surface area contributed by atoms with Crippen molar-refractivity contribution < 1.29 is 19.4 Å². The Hall–Kier alpha value is -1.79. The molecule has 0 bridgehead atoms. The van der Waals surface area contributed by atoms with E-state index in [1.807, 2.05) is 18.2 Å². The van der Waals surface area contributed by atoms with Gasteiger partial charge >= 0.3 is 0 Å². The number of fused-ring (bicyclic) bond motifs is 1. The van der Waals surface area contributed by atoms with Gasteiger partial charge in [-0.05, 0) is 25.0 Å². The van der Waals surface area contributed by atoms with Crippen molar-refractivity contribution in [1.82, 2.24) is 5.32 Å². The summed E-state index contributed by atoms with van der Waals surface area (Å²) in [6.45, 7) is 0.225. The molecule has 0 spiro atoms. The van der Waals surface area contributed by atoms with E-state index < -0.39 is 6.04 Å². The highest BCUT2D eigenvalue weighted by atomic mass is 16.5. The van der Waals surface area contributed by atoms with E-state index >= 15 is 0 Å². The summed E-state index contributed by atoms with van der Waals surface area (Å²) < 4.78 is 10.9. The van der Waals surface area contributed by atoms with Gasteiger partial charge < -0.3 is 25.6 Å². The van der Waals surface area contributed by atoms with Crippen molar-refractivity contribution in [3.05, 3.63) is 23.8 Å². The monoisotopic (exact) mass is 280 g/mol. The minimum absolute atomic E-state index is 0.163. The van der Waals surface area contributed by atoms with Crippen molar-refractivity contribution in [3.8, 4) is 11.5 Å². The van der Waals surface area contributed by atoms with Crippen LogP contribution in [-0.4, -0.2) is 37.4 Å². The van der Waals surface area contributed by atoms with Crippen LogP contribution < -0.4 is 20.5 Å². The Morgan fingerprint density at radius 1 is 1.65 bits per heavy atom. The number of nitrogens with one attached hydrogen (secondary N) is 1. The lowest BCUT2D eigenvalue weighted by Crippen LogP contribution is -2.44. The summed E-state index contributed by atoms with van der Waals surface area (Å²) in [6.07, 6.45) is 1.60. The number of methoxy groups -OCH3 is 1. The summed E-state index contributed by atoms with van der Waals surface area (Å²) in [4.78, 5) is 11.8. The first kappa shape index (κ1) is 14.6. The molecule has 1 aromatic rings. The summed E-state index contributed by atoms with van der Waals surface area (Å²) in [5.74, 6) is 1.06. The van der Waals surface area contributed by atoms with Gasteiger partial charge in [-0.3, -0.25) is 4.79 Å². The highest BCUT2D eigenvalue weighted by Gasteiger charge is 2.24. The molecule has 2 atom stereocenters. The first-order valence-electron chi connectivity index (χ1n) is 6.63. The number of rotatable bonds is 4. The lowest BCUT2D eigenvalue weighted by atomic mass is 10.0. The Morgan fingerprint density at radius 2 is 2.45 bits per heavy atom. The minimum Gasteiger partial charge on any atom is -0.497 e. The lowest BCUT2D eigenvalue weighted by Gasteiger charge is -2.20. The molecule has 0 fully saturated rings. The van der Waals surface area contributed by atoms with Crippen LogP contribution >= 0.6 is 0 Å². The smallest absolute Gasteiger partial charge is 0.239 e. The number of nitrogens with two attached hydrogens (primary N) is 1. The second-order valence-electron chi connectivity index (χ2n) is 4.74. The zero-order valence-corrected chi connectivity index (χ0v) is 11.5. The van der Waals surface area contributed by atoms with Gasteiger partial charge in [-0.1, -0.05) is 0 Å². The highest BCUT2D eigenvalue weighted by Crippen LogP contribution is 2.34. The van der Waals surface area contributed by atoms with Crippen LogP contribution in [0.2, 0.25) is 0 Å². The first-order chi connectivity index (χ1) is 9.65. The van der Waals surface area contributed by atoms with Gasteiger partial charge in [-0.15, -0.1) is 0 Å². The average Bonchev–Trinajstić information content (AvgIpc) is 2.68. The van der Waals surface area contributed by atoms with Crippen molar-refractivity contribution in [2.24, 2.45) is 5.73 Å². The molecule has 20 heavy (non-hydrogen) atoms. The molecule has 2 rings (SSSR count). The van der Waals surface area contributed by atoms with E-state index in [0.29, 0.717) is 18.1 Å². The van der Waals surface area contributed by atoms with Gasteiger partial charge in [0, 0.05) is 11.6 Å². The normalized spacial score (nSPS) is 19.2. The number of carbonyl (C=O) groups is 1. The molecule has 2 unspecified atom stereocenters. The first-order valence-corrected chi connectivity index (χ1v) is 6.63. The molecule has 0 saturated heterocycles. The highest BCUT2D eigenvalue weighted by molar-refractivity contribution is 5.82. The van der Waals surface area contributed by atoms with Crippen LogP contribution in [0.15, 0.2) is 18.2 Å². The third-order valence-corrected chi connectivity index (χ3v) is 3.34. The molecule has 6 nitrogen and oxygen atoms in total. The molecule has 6 heteroatoms. The number of benzene rings is 1. The van der Waals surface area contributed by atoms with Crippen LogP contribution in [0.5, 0.6) is 11.5 Å². The number of amides is 1. The number of aliphatic hydroxyl groups is 1. The number of carbonyl (C=O) groups excluding carboxylic acids is 1. The van der Waals surface area contributed by atoms with Crippen molar-refractivity contribution in [1.29, 1.82) is 0 Å². The largest absolute Gasteiger partial charge is 0.497 e. The molecule has 4 N–H and O–H groups in total. The molecule has 1 heterocycles. The molecular formula is C14H20N2O4. The Morgan fingerprint density at radius 3 is 3.15 bits per heavy atom. The fourth-order valence-corrected chi connectivity index (χ4v) is 2.19. The van der Waals surface area contributed by atoms with E-state index in [1.54, 1.807) is 7.11 Å². The maximum Gasteiger partial charge on any atom is 0.239 e. The van der Waals surface area contributed by atoms with Crippen molar-refractivity contribution in [2.75, 3.05) is 20.3 Å². The third kappa shape index (κ3) is 3.20. The Bertz CT molecular complexity index is 478. The molecule has 110 valence electrons. The summed E-state index contributed by atoms with van der Waals surface area (Å²) in [7, 11) is 1.60. The predicted molar refractivity (Wildman–Crippen MR) is 73.7 cm³/mol. The van der Waals surface area contributed by atoms with Crippen LogP contribution in [0.25, 0.3) is 0 Å². The van der Waals surface area contributed by atoms with Crippen LogP contribution in [0, 0.1) is 0 Å². The standard InChI is InChI=1S/C14H20N2O4/c1-19-9-4-5-10-12(16-14(18)11(15)8-17)3-2-6-20-13(10)7-9/h4-5,7,11-12,17H,2-3,6,8,15H2,1H3,(H,16,18). The summed E-state index contributed by atoms with van der Waals surface area (Å²) in [5, 5.41) is 11.8. The van der Waals surface area contributed by atoms with Crippen LogP contribution in [0.1, 0.15) is 24.4 Å². The zero-order chi connectivity index (χ0) is 14.5. The van der Waals surface area contributed by atoms with Crippen LogP contribution in [0.3, 0.4) is 0 Å². The quantitative estimate of drug-likeness (QED) is 0.739. The van der Waals surface area contributed by atoms with E-state index in [0.717, 1.165) is 18.4 Å². The van der Waals surface area contributed by atoms with Gasteiger partial charge in [0.2, 0.25) is 5.91 Å². The van der Waals surface area contributed by atoms with Crippen LogP contribution in [0.4, 0.5) is 0 Å². The third-order valence-electron chi connectivity index (χ3n) is 3.34. The summed E-state index contributed by atoms with van der Waals surface area (Å²) in [6, 6.07) is 4.46. The number of ether oxygens (including phenoxy) is 2. The SMILES string of the molecule is COc1ccc2c(c1)OCCCC2NC(=O)C(N)CO. The fraction of sp³-hybridized carbons (Fsp3) is 0.500. The van der Waals surface area contributed by atoms with Crippen molar-refractivity contribution in [2.45, 2.75) is 24.9 Å². The topological polar surface area (TPSA) is 93.8 Å². The van der Waals surface area contributed by atoms with E-state index in [2.05, 4.69) is 5.32 Å². The molecule has 1 aromatic carbocycles. The maximum absolute atomic E-state index is 11.8. The van der Waals surface area contributed by atoms with Crippen LogP contribution in [-0.2, 0) is 4.79 Å². The minimum atomic E-state index is -0.902. The van der Waals surface area contributed by atoms with Crippen molar-refractivity contribution in [3.63, 3.8) is 0 Å². The fourth-order valence-electron chi connectivity index (χ4n) is 2.19. The van der Waals surface area contributed by atoms with E-state index in [-0.39, 0.29) is 18.6 Å². The molecule has 0 aromatic heterocycles. The Kier molecular flexibility index (Phi) is 4.81.